The number of aryl methyl sites for hydroxylation is 1. The number of imidazole rings is 1. The molecule has 1 heterocycles. The zero-order valence-electron chi connectivity index (χ0n) is 13.5. The molecule has 0 aliphatic heterocycles. The molecule has 0 aliphatic carbocycles. The van der Waals surface area contributed by atoms with Crippen molar-refractivity contribution in [3.05, 3.63) is 71.9 Å². The Kier molecular flexibility index (Phi) is 5.33. The first-order valence-corrected chi connectivity index (χ1v) is 8.75. The third kappa shape index (κ3) is 4.26. The smallest absolute Gasteiger partial charge is 0.230 e. The van der Waals surface area contributed by atoms with Crippen LogP contribution in [-0.2, 0) is 11.3 Å². The molecule has 5 heteroatoms. The molecular weight excluding hydrogens is 318 g/mol. The van der Waals surface area contributed by atoms with Crippen LogP contribution in [0, 0.1) is 6.92 Å². The second-order valence-electron chi connectivity index (χ2n) is 5.46. The van der Waals surface area contributed by atoms with Crippen molar-refractivity contribution in [2.24, 2.45) is 0 Å². The van der Waals surface area contributed by atoms with Crippen LogP contribution in [0.5, 0.6) is 0 Å². The average molecular weight is 337 g/mol. The van der Waals surface area contributed by atoms with Crippen molar-refractivity contribution in [2.75, 3.05) is 5.75 Å². The number of amides is 1. The minimum atomic E-state index is 0.000846. The lowest BCUT2D eigenvalue weighted by molar-refractivity contribution is -0.118. The number of rotatable bonds is 6. The maximum Gasteiger partial charge on any atom is 0.230 e. The molecular formula is C19H19N3OS. The van der Waals surface area contributed by atoms with E-state index in [1.54, 1.807) is 6.20 Å². The monoisotopic (exact) mass is 337 g/mol. The molecule has 1 amide bonds. The summed E-state index contributed by atoms with van der Waals surface area (Å²) in [5.41, 5.74) is 4.36. The van der Waals surface area contributed by atoms with Crippen LogP contribution >= 0.6 is 11.8 Å². The third-order valence-electron chi connectivity index (χ3n) is 3.71. The minimum Gasteiger partial charge on any atom is -0.351 e. The van der Waals surface area contributed by atoms with Gasteiger partial charge >= 0.3 is 0 Å². The predicted octanol–water partition coefficient (Wildman–Crippen LogP) is 3.79. The molecule has 24 heavy (non-hydrogen) atoms. The molecule has 0 fully saturated rings. The molecule has 1 aromatic heterocycles. The average Bonchev–Trinajstić information content (AvgIpc) is 3.09. The van der Waals surface area contributed by atoms with Crippen molar-refractivity contribution >= 4 is 17.7 Å². The number of hydrogen-bond acceptors (Lipinski definition) is 3. The Morgan fingerprint density at radius 3 is 2.67 bits per heavy atom. The molecule has 0 radical (unpaired) electrons. The molecule has 0 bridgehead atoms. The number of carbonyl (C=O) groups excluding carboxylic acids is 1. The first-order valence-electron chi connectivity index (χ1n) is 7.77. The van der Waals surface area contributed by atoms with Gasteiger partial charge in [-0.1, -0.05) is 66.4 Å². The van der Waals surface area contributed by atoms with Gasteiger partial charge in [-0.3, -0.25) is 4.79 Å². The van der Waals surface area contributed by atoms with Gasteiger partial charge < -0.3 is 10.3 Å². The summed E-state index contributed by atoms with van der Waals surface area (Å²) in [4.78, 5) is 19.6. The van der Waals surface area contributed by atoms with E-state index in [0.29, 0.717) is 12.3 Å². The van der Waals surface area contributed by atoms with Crippen LogP contribution in [0.1, 0.15) is 11.1 Å². The normalized spacial score (nSPS) is 10.5. The fraction of sp³-hybridized carbons (Fsp3) is 0.158. The Balaban J connectivity index is 1.50. The number of aromatic amines is 1. The van der Waals surface area contributed by atoms with Crippen LogP contribution in [0.4, 0.5) is 0 Å². The first-order chi connectivity index (χ1) is 11.7. The Bertz CT molecular complexity index is 814. The number of nitrogens with one attached hydrogen (secondary N) is 2. The molecule has 122 valence electrons. The van der Waals surface area contributed by atoms with E-state index in [1.807, 2.05) is 61.5 Å². The van der Waals surface area contributed by atoms with Gasteiger partial charge in [0, 0.05) is 6.54 Å². The number of benzene rings is 2. The van der Waals surface area contributed by atoms with E-state index in [9.17, 15) is 4.79 Å². The molecule has 0 aliphatic rings. The second-order valence-corrected chi connectivity index (χ2v) is 6.42. The van der Waals surface area contributed by atoms with Crippen LogP contribution in [0.3, 0.4) is 0 Å². The highest BCUT2D eigenvalue weighted by Crippen LogP contribution is 2.20. The zero-order valence-corrected chi connectivity index (χ0v) is 14.3. The molecule has 2 N–H and O–H groups in total. The SMILES string of the molecule is Cc1ccccc1CNC(=O)CSc1ncc(-c2ccccc2)[nH]1. The van der Waals surface area contributed by atoms with E-state index in [1.165, 1.54) is 17.3 Å². The molecule has 0 unspecified atom stereocenters. The summed E-state index contributed by atoms with van der Waals surface area (Å²) in [6, 6.07) is 18.1. The largest absolute Gasteiger partial charge is 0.351 e. The second kappa shape index (κ2) is 7.84. The predicted molar refractivity (Wildman–Crippen MR) is 97.8 cm³/mol. The van der Waals surface area contributed by atoms with Crippen LogP contribution in [-0.4, -0.2) is 21.6 Å². The Hall–Kier alpha value is -2.53. The van der Waals surface area contributed by atoms with Gasteiger partial charge in [0.2, 0.25) is 5.91 Å². The summed E-state index contributed by atoms with van der Waals surface area (Å²) in [5, 5.41) is 3.70. The fourth-order valence-corrected chi connectivity index (χ4v) is 3.01. The Morgan fingerprint density at radius 1 is 1.12 bits per heavy atom. The van der Waals surface area contributed by atoms with Crippen molar-refractivity contribution in [3.8, 4) is 11.3 Å². The van der Waals surface area contributed by atoms with Gasteiger partial charge in [0.25, 0.3) is 0 Å². The van der Waals surface area contributed by atoms with Gasteiger partial charge in [0.05, 0.1) is 17.6 Å². The summed E-state index contributed by atoms with van der Waals surface area (Å²) < 4.78 is 0. The molecule has 0 saturated carbocycles. The number of carbonyl (C=O) groups is 1. The fourth-order valence-electron chi connectivity index (χ4n) is 2.33. The Labute approximate surface area is 145 Å². The Morgan fingerprint density at radius 2 is 1.88 bits per heavy atom. The van der Waals surface area contributed by atoms with Crippen molar-refractivity contribution in [1.29, 1.82) is 0 Å². The van der Waals surface area contributed by atoms with Gasteiger partial charge in [0.1, 0.15) is 0 Å². The van der Waals surface area contributed by atoms with E-state index in [0.717, 1.165) is 22.0 Å². The molecule has 3 aromatic rings. The minimum absolute atomic E-state index is 0.000846. The van der Waals surface area contributed by atoms with Gasteiger partial charge in [-0.25, -0.2) is 4.98 Å². The maximum absolute atomic E-state index is 12.0. The topological polar surface area (TPSA) is 57.8 Å². The number of hydrogen-bond donors (Lipinski definition) is 2. The standard InChI is InChI=1S/C19H19N3OS/c1-14-7-5-6-10-16(14)11-20-18(23)13-24-19-21-12-17(22-19)15-8-3-2-4-9-15/h2-10,12H,11,13H2,1H3,(H,20,23)(H,21,22). The van der Waals surface area contributed by atoms with Gasteiger partial charge in [-0.2, -0.15) is 0 Å². The van der Waals surface area contributed by atoms with Crippen molar-refractivity contribution in [1.82, 2.24) is 15.3 Å². The van der Waals surface area contributed by atoms with E-state index in [4.69, 9.17) is 0 Å². The van der Waals surface area contributed by atoms with E-state index in [-0.39, 0.29) is 5.91 Å². The van der Waals surface area contributed by atoms with Crippen LogP contribution in [0.15, 0.2) is 66.0 Å². The number of aromatic nitrogens is 2. The van der Waals surface area contributed by atoms with Crippen molar-refractivity contribution < 1.29 is 4.79 Å². The third-order valence-corrected chi connectivity index (χ3v) is 4.60. The van der Waals surface area contributed by atoms with Gasteiger partial charge in [0.15, 0.2) is 5.16 Å². The van der Waals surface area contributed by atoms with E-state index in [2.05, 4.69) is 15.3 Å². The molecule has 0 atom stereocenters. The molecule has 3 rings (SSSR count). The lowest BCUT2D eigenvalue weighted by Gasteiger charge is -2.07. The quantitative estimate of drug-likeness (QED) is 0.673. The first kappa shape index (κ1) is 16.3. The molecule has 2 aromatic carbocycles. The van der Waals surface area contributed by atoms with E-state index >= 15 is 0 Å². The highest BCUT2D eigenvalue weighted by atomic mass is 32.2. The highest BCUT2D eigenvalue weighted by Gasteiger charge is 2.07. The van der Waals surface area contributed by atoms with Crippen LogP contribution in [0.25, 0.3) is 11.3 Å². The zero-order chi connectivity index (χ0) is 16.8. The summed E-state index contributed by atoms with van der Waals surface area (Å²) in [6.07, 6.45) is 1.79. The van der Waals surface area contributed by atoms with E-state index < -0.39 is 0 Å². The van der Waals surface area contributed by atoms with Gasteiger partial charge in [-0.15, -0.1) is 0 Å². The van der Waals surface area contributed by atoms with Crippen LogP contribution < -0.4 is 5.32 Å². The summed E-state index contributed by atoms with van der Waals surface area (Å²) in [7, 11) is 0. The molecule has 0 saturated heterocycles. The number of nitrogens with zero attached hydrogens (tertiary/aromatic N) is 1. The van der Waals surface area contributed by atoms with Crippen LogP contribution in [0.2, 0.25) is 0 Å². The number of H-pyrrole nitrogens is 1. The lowest BCUT2D eigenvalue weighted by Crippen LogP contribution is -2.24. The molecule has 0 spiro atoms. The summed E-state index contributed by atoms with van der Waals surface area (Å²) >= 11 is 1.40. The van der Waals surface area contributed by atoms with Crippen molar-refractivity contribution in [3.63, 3.8) is 0 Å². The maximum atomic E-state index is 12.0. The molecule has 4 nitrogen and oxygen atoms in total. The van der Waals surface area contributed by atoms with Crippen molar-refractivity contribution in [2.45, 2.75) is 18.6 Å². The highest BCUT2D eigenvalue weighted by molar-refractivity contribution is 7.99. The summed E-state index contributed by atoms with van der Waals surface area (Å²) in [6.45, 7) is 2.60. The lowest BCUT2D eigenvalue weighted by atomic mass is 10.1. The summed E-state index contributed by atoms with van der Waals surface area (Å²) in [5.74, 6) is 0.342. The number of thioether (sulfide) groups is 1. The van der Waals surface area contributed by atoms with Gasteiger partial charge in [-0.05, 0) is 23.6 Å².